The first-order valence-electron chi connectivity index (χ1n) is 6.27. The van der Waals surface area contributed by atoms with Gasteiger partial charge in [-0.15, -0.1) is 0 Å². The summed E-state index contributed by atoms with van der Waals surface area (Å²) in [4.78, 5) is 49.7. The van der Waals surface area contributed by atoms with Crippen molar-refractivity contribution in [3.63, 3.8) is 0 Å². The molecule has 0 aliphatic carbocycles. The maximum atomic E-state index is 11.5. The SMILES string of the molecule is CC(=O)c1ccc2c(c1)c([N+](=O)[O-])cc1[nH]c(=O)c(=O)[nH]c12. The lowest BCUT2D eigenvalue weighted by Crippen LogP contribution is -2.29. The minimum absolute atomic E-state index is 0.152. The molecule has 0 atom stereocenters. The van der Waals surface area contributed by atoms with Crippen molar-refractivity contribution in [2.45, 2.75) is 6.92 Å². The molecule has 0 spiro atoms. The number of nitrogens with one attached hydrogen (secondary N) is 2. The smallest absolute Gasteiger partial charge is 0.314 e. The highest BCUT2D eigenvalue weighted by molar-refractivity contribution is 6.10. The van der Waals surface area contributed by atoms with Crippen molar-refractivity contribution in [2.24, 2.45) is 0 Å². The Labute approximate surface area is 121 Å². The molecule has 8 nitrogen and oxygen atoms in total. The summed E-state index contributed by atoms with van der Waals surface area (Å²) in [5.41, 5.74) is -1.24. The maximum absolute atomic E-state index is 11.5. The lowest BCUT2D eigenvalue weighted by atomic mass is 10.0. The Morgan fingerprint density at radius 2 is 1.77 bits per heavy atom. The quantitative estimate of drug-likeness (QED) is 0.244. The third kappa shape index (κ3) is 1.97. The van der Waals surface area contributed by atoms with E-state index in [4.69, 9.17) is 0 Å². The van der Waals surface area contributed by atoms with E-state index < -0.39 is 16.0 Å². The number of aromatic amines is 2. The van der Waals surface area contributed by atoms with E-state index in [1.807, 2.05) is 0 Å². The summed E-state index contributed by atoms with van der Waals surface area (Å²) < 4.78 is 0. The molecule has 0 aliphatic heterocycles. The fourth-order valence-electron chi connectivity index (χ4n) is 2.36. The third-order valence-electron chi connectivity index (χ3n) is 3.41. The minimum atomic E-state index is -0.887. The van der Waals surface area contributed by atoms with Crippen molar-refractivity contribution in [1.29, 1.82) is 0 Å². The van der Waals surface area contributed by atoms with Gasteiger partial charge < -0.3 is 9.97 Å². The van der Waals surface area contributed by atoms with Gasteiger partial charge in [0.05, 0.1) is 21.3 Å². The van der Waals surface area contributed by atoms with Gasteiger partial charge in [-0.2, -0.15) is 0 Å². The van der Waals surface area contributed by atoms with Crippen molar-refractivity contribution in [1.82, 2.24) is 9.97 Å². The Morgan fingerprint density at radius 1 is 1.09 bits per heavy atom. The van der Waals surface area contributed by atoms with Crippen molar-refractivity contribution in [2.75, 3.05) is 0 Å². The third-order valence-corrected chi connectivity index (χ3v) is 3.41. The number of carbonyl (C=O) groups is 1. The molecule has 2 aromatic carbocycles. The van der Waals surface area contributed by atoms with Crippen LogP contribution < -0.4 is 11.1 Å². The second-order valence-electron chi connectivity index (χ2n) is 4.80. The van der Waals surface area contributed by atoms with Crippen LogP contribution in [0.25, 0.3) is 21.8 Å². The van der Waals surface area contributed by atoms with Crippen LogP contribution in [0.4, 0.5) is 5.69 Å². The molecule has 8 heteroatoms. The van der Waals surface area contributed by atoms with Gasteiger partial charge in [-0.3, -0.25) is 24.5 Å². The molecule has 110 valence electrons. The summed E-state index contributed by atoms with van der Waals surface area (Å²) in [6.45, 7) is 1.35. The highest BCUT2D eigenvalue weighted by Gasteiger charge is 2.17. The fraction of sp³-hybridized carbons (Fsp3) is 0.0714. The standard InChI is InChI=1S/C14H9N3O5/c1-6(18)7-2-3-8-9(4-7)11(17(21)22)5-10-12(8)16-14(20)13(19)15-10/h2-5H,1H3,(H,15,19)(H,16,20). The topological polar surface area (TPSA) is 126 Å². The van der Waals surface area contributed by atoms with Crippen LogP contribution in [0.15, 0.2) is 33.9 Å². The van der Waals surface area contributed by atoms with Crippen LogP contribution >= 0.6 is 0 Å². The van der Waals surface area contributed by atoms with Crippen LogP contribution in [0, 0.1) is 10.1 Å². The number of H-pyrrole nitrogens is 2. The van der Waals surface area contributed by atoms with Crippen molar-refractivity contribution in [3.8, 4) is 0 Å². The second-order valence-corrected chi connectivity index (χ2v) is 4.80. The second kappa shape index (κ2) is 4.62. The Bertz CT molecular complexity index is 1080. The molecule has 0 radical (unpaired) electrons. The number of rotatable bonds is 2. The molecule has 0 saturated carbocycles. The van der Waals surface area contributed by atoms with Gasteiger partial charge >= 0.3 is 11.1 Å². The number of non-ortho nitro benzene ring substituents is 1. The van der Waals surface area contributed by atoms with Gasteiger partial charge in [-0.05, 0) is 13.0 Å². The number of carbonyl (C=O) groups excluding carboxylic acids is 1. The van der Waals surface area contributed by atoms with Gasteiger partial charge in [-0.25, -0.2) is 0 Å². The molecule has 22 heavy (non-hydrogen) atoms. The van der Waals surface area contributed by atoms with Gasteiger partial charge in [0.1, 0.15) is 0 Å². The zero-order chi connectivity index (χ0) is 16.0. The lowest BCUT2D eigenvalue weighted by Gasteiger charge is -2.06. The molecular weight excluding hydrogens is 290 g/mol. The molecule has 1 aromatic heterocycles. The van der Waals surface area contributed by atoms with E-state index in [0.717, 1.165) is 0 Å². The number of nitrogens with zero attached hydrogens (tertiary/aromatic N) is 1. The van der Waals surface area contributed by atoms with E-state index >= 15 is 0 Å². The number of hydrogen-bond donors (Lipinski definition) is 2. The number of aromatic nitrogens is 2. The Kier molecular flexibility index (Phi) is 2.87. The predicted molar refractivity (Wildman–Crippen MR) is 79.4 cm³/mol. The normalized spacial score (nSPS) is 11.0. The Hall–Kier alpha value is -3.29. The summed E-state index contributed by atoms with van der Waals surface area (Å²) in [5, 5.41) is 11.8. The number of ketones is 1. The zero-order valence-electron chi connectivity index (χ0n) is 11.3. The van der Waals surface area contributed by atoms with Crippen molar-refractivity contribution in [3.05, 3.63) is 60.7 Å². The molecule has 2 N–H and O–H groups in total. The average Bonchev–Trinajstić information content (AvgIpc) is 2.47. The molecule has 0 saturated heterocycles. The first-order chi connectivity index (χ1) is 10.4. The van der Waals surface area contributed by atoms with E-state index in [2.05, 4.69) is 9.97 Å². The Morgan fingerprint density at radius 3 is 2.41 bits per heavy atom. The number of nitro groups is 1. The number of nitro benzene ring substituents is 1. The van der Waals surface area contributed by atoms with Gasteiger partial charge in [0.2, 0.25) is 0 Å². The number of benzene rings is 2. The van der Waals surface area contributed by atoms with Crippen LogP contribution in [-0.4, -0.2) is 20.7 Å². The molecule has 0 fully saturated rings. The molecule has 1 heterocycles. The zero-order valence-corrected chi connectivity index (χ0v) is 11.3. The molecular formula is C14H9N3O5. The average molecular weight is 299 g/mol. The van der Waals surface area contributed by atoms with Crippen LogP contribution in [0.2, 0.25) is 0 Å². The summed E-state index contributed by atoms with van der Waals surface area (Å²) >= 11 is 0. The summed E-state index contributed by atoms with van der Waals surface area (Å²) in [6.07, 6.45) is 0. The van der Waals surface area contributed by atoms with E-state index in [1.54, 1.807) is 0 Å². The number of hydrogen-bond acceptors (Lipinski definition) is 5. The monoisotopic (exact) mass is 299 g/mol. The largest absolute Gasteiger partial charge is 0.316 e. The highest BCUT2D eigenvalue weighted by Crippen LogP contribution is 2.31. The van der Waals surface area contributed by atoms with Gasteiger partial charge in [0, 0.05) is 17.0 Å². The maximum Gasteiger partial charge on any atom is 0.314 e. The van der Waals surface area contributed by atoms with E-state index in [0.29, 0.717) is 10.9 Å². The molecule has 3 rings (SSSR count). The molecule has 0 aliphatic rings. The summed E-state index contributed by atoms with van der Waals surface area (Å²) in [6, 6.07) is 5.59. The van der Waals surface area contributed by atoms with Crippen LogP contribution in [0.3, 0.4) is 0 Å². The van der Waals surface area contributed by atoms with Crippen molar-refractivity contribution >= 4 is 33.3 Å². The lowest BCUT2D eigenvalue weighted by molar-refractivity contribution is -0.382. The molecule has 3 aromatic rings. The summed E-state index contributed by atoms with van der Waals surface area (Å²) in [7, 11) is 0. The number of fused-ring (bicyclic) bond motifs is 3. The van der Waals surface area contributed by atoms with E-state index in [9.17, 15) is 24.5 Å². The van der Waals surface area contributed by atoms with Crippen LogP contribution in [0.5, 0.6) is 0 Å². The van der Waals surface area contributed by atoms with E-state index in [1.165, 1.54) is 31.2 Å². The molecule has 0 bridgehead atoms. The first-order valence-corrected chi connectivity index (χ1v) is 6.27. The predicted octanol–water partition coefficient (Wildman–Crippen LogP) is 1.48. The highest BCUT2D eigenvalue weighted by atomic mass is 16.6. The van der Waals surface area contributed by atoms with Gasteiger partial charge in [0.15, 0.2) is 5.78 Å². The fourth-order valence-corrected chi connectivity index (χ4v) is 2.36. The first kappa shape index (κ1) is 13.7. The number of Topliss-reactive ketones (excluding diaryl/α,β-unsaturated/α-hetero) is 1. The van der Waals surface area contributed by atoms with Gasteiger partial charge in [-0.1, -0.05) is 12.1 Å². The van der Waals surface area contributed by atoms with Crippen molar-refractivity contribution < 1.29 is 9.72 Å². The minimum Gasteiger partial charge on any atom is -0.316 e. The van der Waals surface area contributed by atoms with Crippen LogP contribution in [0.1, 0.15) is 17.3 Å². The van der Waals surface area contributed by atoms with E-state index in [-0.39, 0.29) is 27.9 Å². The van der Waals surface area contributed by atoms with Gasteiger partial charge in [0.25, 0.3) is 5.69 Å². The Balaban J connectivity index is 2.58. The molecule has 0 amide bonds. The summed E-state index contributed by atoms with van der Waals surface area (Å²) in [5.74, 6) is -0.230. The molecule has 0 unspecified atom stereocenters. The van der Waals surface area contributed by atoms with Crippen LogP contribution in [-0.2, 0) is 0 Å².